The molecule has 1 aromatic rings. The molecule has 0 spiro atoms. The second-order valence-electron chi connectivity index (χ2n) is 4.74. The van der Waals surface area contributed by atoms with Gasteiger partial charge in [-0.1, -0.05) is 13.8 Å². The molecule has 3 atom stereocenters. The molecular formula is C12H20N2. The van der Waals surface area contributed by atoms with Crippen LogP contribution in [0.4, 0.5) is 0 Å². The number of nitrogens with one attached hydrogen (secondary N) is 1. The predicted octanol–water partition coefficient (Wildman–Crippen LogP) is 2.16. The quantitative estimate of drug-likeness (QED) is 0.776. The van der Waals surface area contributed by atoms with Crippen molar-refractivity contribution in [1.82, 2.24) is 9.88 Å². The van der Waals surface area contributed by atoms with Gasteiger partial charge in [-0.2, -0.15) is 0 Å². The third-order valence-corrected chi connectivity index (χ3v) is 3.62. The molecule has 0 amide bonds. The number of hydrogen-bond donors (Lipinski definition) is 1. The standard InChI is InChI=1S/C12H20N2/c1-9-6-12(10(9)2)13-7-11-4-5-14(3)8-11/h4-5,8-10,12-13H,6-7H2,1-3H3. The third-order valence-electron chi connectivity index (χ3n) is 3.62. The van der Waals surface area contributed by atoms with Crippen LogP contribution >= 0.6 is 0 Å². The van der Waals surface area contributed by atoms with Crippen molar-refractivity contribution >= 4 is 0 Å². The van der Waals surface area contributed by atoms with E-state index in [1.54, 1.807) is 0 Å². The molecule has 1 aliphatic carbocycles. The highest BCUT2D eigenvalue weighted by Gasteiger charge is 2.33. The van der Waals surface area contributed by atoms with Gasteiger partial charge in [-0.05, 0) is 29.9 Å². The smallest absolute Gasteiger partial charge is 0.0223 e. The summed E-state index contributed by atoms with van der Waals surface area (Å²) in [6.45, 7) is 5.70. The molecule has 14 heavy (non-hydrogen) atoms. The van der Waals surface area contributed by atoms with E-state index in [1.807, 2.05) is 0 Å². The Morgan fingerprint density at radius 2 is 2.29 bits per heavy atom. The lowest BCUT2D eigenvalue weighted by Crippen LogP contribution is -2.47. The molecule has 0 aromatic carbocycles. The van der Waals surface area contributed by atoms with E-state index in [0.29, 0.717) is 0 Å². The molecule has 1 aromatic heterocycles. The van der Waals surface area contributed by atoms with E-state index < -0.39 is 0 Å². The maximum Gasteiger partial charge on any atom is 0.0223 e. The van der Waals surface area contributed by atoms with Gasteiger partial charge in [-0.25, -0.2) is 0 Å². The molecule has 2 nitrogen and oxygen atoms in total. The average Bonchev–Trinajstić information content (AvgIpc) is 2.58. The summed E-state index contributed by atoms with van der Waals surface area (Å²) in [7, 11) is 2.07. The van der Waals surface area contributed by atoms with Crippen molar-refractivity contribution in [2.75, 3.05) is 0 Å². The zero-order chi connectivity index (χ0) is 10.1. The van der Waals surface area contributed by atoms with Crippen molar-refractivity contribution in [3.63, 3.8) is 0 Å². The number of nitrogens with zero attached hydrogens (tertiary/aromatic N) is 1. The molecule has 1 N–H and O–H groups in total. The third kappa shape index (κ3) is 1.85. The van der Waals surface area contributed by atoms with Crippen LogP contribution in [-0.4, -0.2) is 10.6 Å². The highest BCUT2D eigenvalue weighted by molar-refractivity contribution is 5.10. The van der Waals surface area contributed by atoms with Crippen LogP contribution in [0.5, 0.6) is 0 Å². The van der Waals surface area contributed by atoms with Crippen LogP contribution < -0.4 is 5.32 Å². The summed E-state index contributed by atoms with van der Waals surface area (Å²) in [5.41, 5.74) is 1.39. The van der Waals surface area contributed by atoms with Gasteiger partial charge in [-0.15, -0.1) is 0 Å². The fourth-order valence-electron chi connectivity index (χ4n) is 2.21. The zero-order valence-corrected chi connectivity index (χ0v) is 9.33. The van der Waals surface area contributed by atoms with E-state index in [1.165, 1.54) is 12.0 Å². The Balaban J connectivity index is 1.78. The van der Waals surface area contributed by atoms with Crippen molar-refractivity contribution in [1.29, 1.82) is 0 Å². The summed E-state index contributed by atoms with van der Waals surface area (Å²) in [4.78, 5) is 0. The molecule has 0 aliphatic heterocycles. The summed E-state index contributed by atoms with van der Waals surface area (Å²) in [6, 6.07) is 2.92. The minimum atomic E-state index is 0.741. The van der Waals surface area contributed by atoms with Gasteiger partial charge < -0.3 is 9.88 Å². The normalized spacial score (nSPS) is 31.5. The largest absolute Gasteiger partial charge is 0.357 e. The summed E-state index contributed by atoms with van der Waals surface area (Å²) < 4.78 is 2.10. The number of rotatable bonds is 3. The Hall–Kier alpha value is -0.760. The Kier molecular flexibility index (Phi) is 2.64. The maximum atomic E-state index is 3.62. The van der Waals surface area contributed by atoms with Crippen molar-refractivity contribution in [2.24, 2.45) is 18.9 Å². The lowest BCUT2D eigenvalue weighted by Gasteiger charge is -2.41. The number of aromatic nitrogens is 1. The van der Waals surface area contributed by atoms with Crippen LogP contribution in [-0.2, 0) is 13.6 Å². The van der Waals surface area contributed by atoms with Crippen molar-refractivity contribution < 1.29 is 0 Å². The van der Waals surface area contributed by atoms with E-state index in [4.69, 9.17) is 0 Å². The fourth-order valence-corrected chi connectivity index (χ4v) is 2.21. The van der Waals surface area contributed by atoms with Gasteiger partial charge in [0.25, 0.3) is 0 Å². The van der Waals surface area contributed by atoms with Crippen molar-refractivity contribution in [3.05, 3.63) is 24.0 Å². The van der Waals surface area contributed by atoms with Gasteiger partial charge in [0.05, 0.1) is 0 Å². The monoisotopic (exact) mass is 192 g/mol. The number of hydrogen-bond acceptors (Lipinski definition) is 1. The molecule has 2 rings (SSSR count). The Labute approximate surface area is 86.3 Å². The molecular weight excluding hydrogens is 172 g/mol. The summed E-state index contributed by atoms with van der Waals surface area (Å²) in [5, 5.41) is 3.62. The predicted molar refractivity (Wildman–Crippen MR) is 59.0 cm³/mol. The molecule has 78 valence electrons. The Bertz CT molecular complexity index is 303. The fraction of sp³-hybridized carbons (Fsp3) is 0.667. The minimum Gasteiger partial charge on any atom is -0.357 e. The first-order valence-corrected chi connectivity index (χ1v) is 5.51. The summed E-state index contributed by atoms with van der Waals surface area (Å²) in [6.07, 6.45) is 5.62. The van der Waals surface area contributed by atoms with Gasteiger partial charge in [-0.3, -0.25) is 0 Å². The topological polar surface area (TPSA) is 17.0 Å². The van der Waals surface area contributed by atoms with Gasteiger partial charge in [0, 0.05) is 32.0 Å². The van der Waals surface area contributed by atoms with Gasteiger partial charge in [0.1, 0.15) is 0 Å². The molecule has 1 heterocycles. The SMILES string of the molecule is CC1CC(NCc2ccn(C)c2)C1C. The molecule has 2 heteroatoms. The van der Waals surface area contributed by atoms with E-state index in [9.17, 15) is 0 Å². The van der Waals surface area contributed by atoms with Crippen LogP contribution in [0.2, 0.25) is 0 Å². The average molecular weight is 192 g/mol. The minimum absolute atomic E-state index is 0.741. The zero-order valence-electron chi connectivity index (χ0n) is 9.33. The lowest BCUT2D eigenvalue weighted by atomic mass is 9.71. The first-order valence-electron chi connectivity index (χ1n) is 5.51. The molecule has 1 saturated carbocycles. The molecule has 1 aliphatic rings. The van der Waals surface area contributed by atoms with E-state index in [0.717, 1.165) is 24.4 Å². The maximum absolute atomic E-state index is 3.62. The second kappa shape index (κ2) is 3.77. The van der Waals surface area contributed by atoms with Crippen LogP contribution in [0, 0.1) is 11.8 Å². The summed E-state index contributed by atoms with van der Waals surface area (Å²) >= 11 is 0. The molecule has 1 fully saturated rings. The first kappa shape index (κ1) is 9.78. The molecule has 3 unspecified atom stereocenters. The van der Waals surface area contributed by atoms with Crippen LogP contribution in [0.3, 0.4) is 0 Å². The van der Waals surface area contributed by atoms with Crippen LogP contribution in [0.25, 0.3) is 0 Å². The van der Waals surface area contributed by atoms with E-state index in [2.05, 4.69) is 49.2 Å². The number of aryl methyl sites for hydroxylation is 1. The van der Waals surface area contributed by atoms with Crippen LogP contribution in [0.1, 0.15) is 25.8 Å². The van der Waals surface area contributed by atoms with Gasteiger partial charge >= 0.3 is 0 Å². The van der Waals surface area contributed by atoms with Gasteiger partial charge in [0.2, 0.25) is 0 Å². The first-order chi connectivity index (χ1) is 6.66. The van der Waals surface area contributed by atoms with Crippen molar-refractivity contribution in [3.8, 4) is 0 Å². The highest BCUT2D eigenvalue weighted by atomic mass is 15.0. The Morgan fingerprint density at radius 1 is 1.50 bits per heavy atom. The lowest BCUT2D eigenvalue weighted by molar-refractivity contribution is 0.136. The van der Waals surface area contributed by atoms with E-state index >= 15 is 0 Å². The molecule has 0 saturated heterocycles. The second-order valence-corrected chi connectivity index (χ2v) is 4.74. The van der Waals surface area contributed by atoms with E-state index in [-0.39, 0.29) is 0 Å². The Morgan fingerprint density at radius 3 is 2.79 bits per heavy atom. The highest BCUT2D eigenvalue weighted by Crippen LogP contribution is 2.33. The summed E-state index contributed by atoms with van der Waals surface area (Å²) in [5.74, 6) is 1.75. The molecule has 0 bridgehead atoms. The van der Waals surface area contributed by atoms with Crippen LogP contribution in [0.15, 0.2) is 18.5 Å². The van der Waals surface area contributed by atoms with Gasteiger partial charge in [0.15, 0.2) is 0 Å². The molecule has 0 radical (unpaired) electrons. The van der Waals surface area contributed by atoms with Crippen molar-refractivity contribution in [2.45, 2.75) is 32.9 Å².